The largest absolute Gasteiger partial charge is 0.293 e. The summed E-state index contributed by atoms with van der Waals surface area (Å²) in [5.74, 6) is 0.566. The lowest BCUT2D eigenvalue weighted by Gasteiger charge is -2.08. The molecule has 0 unspecified atom stereocenters. The van der Waals surface area contributed by atoms with Crippen molar-refractivity contribution in [3.8, 4) is 0 Å². The van der Waals surface area contributed by atoms with Gasteiger partial charge in [0.2, 0.25) is 0 Å². The smallest absolute Gasteiger partial charge is 0.174 e. The fourth-order valence-electron chi connectivity index (χ4n) is 1.80. The van der Waals surface area contributed by atoms with Gasteiger partial charge in [0.15, 0.2) is 10.1 Å². The van der Waals surface area contributed by atoms with Crippen molar-refractivity contribution >= 4 is 28.9 Å². The van der Waals surface area contributed by atoms with Crippen molar-refractivity contribution in [2.45, 2.75) is 32.0 Å². The summed E-state index contributed by atoms with van der Waals surface area (Å²) in [6, 6.07) is 4.06. The minimum atomic E-state index is 0.151. The van der Waals surface area contributed by atoms with Gasteiger partial charge in [0.05, 0.1) is 5.75 Å². The monoisotopic (exact) mass is 292 g/mol. The number of Topliss-reactive ketones (excluding diaryl/α,β-unsaturated/α-hetero) is 1. The molecule has 2 aromatic rings. The van der Waals surface area contributed by atoms with Crippen molar-refractivity contribution in [3.05, 3.63) is 39.4 Å². The third kappa shape index (κ3) is 3.42. The Morgan fingerprint density at radius 2 is 1.79 bits per heavy atom. The van der Waals surface area contributed by atoms with Crippen molar-refractivity contribution < 1.29 is 4.79 Å². The minimum absolute atomic E-state index is 0.151. The summed E-state index contributed by atoms with van der Waals surface area (Å²) >= 11 is 2.98. The van der Waals surface area contributed by atoms with E-state index in [0.29, 0.717) is 5.75 Å². The first-order valence-corrected chi connectivity index (χ1v) is 7.81. The Hall–Kier alpha value is -1.20. The molecule has 1 aromatic carbocycles. The second-order valence-electron chi connectivity index (χ2n) is 4.55. The number of thioether (sulfide) groups is 1. The van der Waals surface area contributed by atoms with Crippen molar-refractivity contribution in [2.75, 3.05) is 5.75 Å². The zero-order valence-electron chi connectivity index (χ0n) is 11.5. The zero-order valence-corrected chi connectivity index (χ0v) is 13.1. The molecule has 2 rings (SSSR count). The molecule has 0 aliphatic heterocycles. The molecule has 0 aliphatic rings. The molecule has 0 saturated heterocycles. The van der Waals surface area contributed by atoms with Gasteiger partial charge < -0.3 is 0 Å². The lowest BCUT2D eigenvalue weighted by atomic mass is 9.99. The van der Waals surface area contributed by atoms with Gasteiger partial charge in [-0.1, -0.05) is 29.2 Å². The van der Waals surface area contributed by atoms with Crippen LogP contribution in [0.1, 0.15) is 32.1 Å². The Labute approximate surface area is 121 Å². The summed E-state index contributed by atoms with van der Waals surface area (Å²) in [7, 11) is 0. The lowest BCUT2D eigenvalue weighted by molar-refractivity contribution is 0.102. The van der Waals surface area contributed by atoms with Crippen LogP contribution in [0.5, 0.6) is 0 Å². The number of rotatable bonds is 4. The molecular weight excluding hydrogens is 276 g/mol. The Morgan fingerprint density at radius 1 is 1.11 bits per heavy atom. The van der Waals surface area contributed by atoms with Crippen LogP contribution in [0.2, 0.25) is 0 Å². The summed E-state index contributed by atoms with van der Waals surface area (Å²) in [5.41, 5.74) is 4.24. The molecule has 0 N–H and O–H groups in total. The topological polar surface area (TPSA) is 42.9 Å². The molecule has 19 heavy (non-hydrogen) atoms. The molecule has 0 bridgehead atoms. The summed E-state index contributed by atoms with van der Waals surface area (Å²) in [6.07, 6.45) is 0. The number of carbonyl (C=O) groups is 1. The standard InChI is InChI=1S/C14H16N2OS2/c1-8-5-10(3)12(6-9(8)2)13(17)7-18-14-16-15-11(4)19-14/h5-6H,7H2,1-4H3. The van der Waals surface area contributed by atoms with E-state index in [9.17, 15) is 4.79 Å². The highest BCUT2D eigenvalue weighted by Crippen LogP contribution is 2.24. The van der Waals surface area contributed by atoms with E-state index in [1.807, 2.05) is 26.8 Å². The maximum absolute atomic E-state index is 12.2. The first-order valence-electron chi connectivity index (χ1n) is 6.01. The molecule has 0 saturated carbocycles. The van der Waals surface area contributed by atoms with E-state index in [2.05, 4.69) is 23.2 Å². The van der Waals surface area contributed by atoms with Crippen LogP contribution in [0.25, 0.3) is 0 Å². The average molecular weight is 292 g/mol. The van der Waals surface area contributed by atoms with Crippen LogP contribution in [0, 0.1) is 27.7 Å². The van der Waals surface area contributed by atoms with Crippen molar-refractivity contribution in [2.24, 2.45) is 0 Å². The van der Waals surface area contributed by atoms with Crippen LogP contribution < -0.4 is 0 Å². The third-order valence-corrected chi connectivity index (χ3v) is 4.95. The van der Waals surface area contributed by atoms with Crippen LogP contribution in [0.15, 0.2) is 16.5 Å². The van der Waals surface area contributed by atoms with Gasteiger partial charge in [-0.05, 0) is 50.5 Å². The van der Waals surface area contributed by atoms with Crippen molar-refractivity contribution in [3.63, 3.8) is 0 Å². The second kappa shape index (κ2) is 5.84. The van der Waals surface area contributed by atoms with Gasteiger partial charge in [-0.2, -0.15) is 0 Å². The molecular formula is C14H16N2OS2. The molecule has 1 heterocycles. The van der Waals surface area contributed by atoms with Gasteiger partial charge in [-0.25, -0.2) is 0 Å². The minimum Gasteiger partial charge on any atom is -0.293 e. The average Bonchev–Trinajstić information content (AvgIpc) is 2.77. The Kier molecular flexibility index (Phi) is 4.37. The summed E-state index contributed by atoms with van der Waals surface area (Å²) in [4.78, 5) is 12.2. The predicted molar refractivity (Wildman–Crippen MR) is 80.4 cm³/mol. The molecule has 0 radical (unpaired) electrons. The molecule has 1 aromatic heterocycles. The van der Waals surface area contributed by atoms with Gasteiger partial charge in [-0.3, -0.25) is 4.79 Å². The molecule has 100 valence electrons. The first-order chi connectivity index (χ1) is 8.97. The fraction of sp³-hybridized carbons (Fsp3) is 0.357. The molecule has 5 heteroatoms. The molecule has 3 nitrogen and oxygen atoms in total. The second-order valence-corrected chi connectivity index (χ2v) is 6.95. The molecule has 0 aliphatic carbocycles. The fourth-order valence-corrected chi connectivity index (χ4v) is 3.50. The number of nitrogens with zero attached hydrogens (tertiary/aromatic N) is 2. The van der Waals surface area contributed by atoms with Crippen molar-refractivity contribution in [1.29, 1.82) is 0 Å². The van der Waals surface area contributed by atoms with Crippen LogP contribution in [-0.4, -0.2) is 21.7 Å². The highest BCUT2D eigenvalue weighted by molar-refractivity contribution is 8.01. The quantitative estimate of drug-likeness (QED) is 0.636. The first kappa shape index (κ1) is 14.2. The highest BCUT2D eigenvalue weighted by atomic mass is 32.2. The Morgan fingerprint density at radius 3 is 2.42 bits per heavy atom. The number of aromatic nitrogens is 2. The van der Waals surface area contributed by atoms with E-state index in [1.54, 1.807) is 0 Å². The molecule has 0 atom stereocenters. The number of hydrogen-bond acceptors (Lipinski definition) is 5. The summed E-state index contributed by atoms with van der Waals surface area (Å²) in [5, 5.41) is 8.89. The van der Waals surface area contributed by atoms with Crippen LogP contribution in [-0.2, 0) is 0 Å². The molecule has 0 fully saturated rings. The van der Waals surface area contributed by atoms with Gasteiger partial charge in [-0.15, -0.1) is 10.2 Å². The van der Waals surface area contributed by atoms with E-state index in [1.165, 1.54) is 28.7 Å². The highest BCUT2D eigenvalue weighted by Gasteiger charge is 2.12. The van der Waals surface area contributed by atoms with E-state index in [4.69, 9.17) is 0 Å². The van der Waals surface area contributed by atoms with Gasteiger partial charge in [0.1, 0.15) is 5.01 Å². The summed E-state index contributed by atoms with van der Waals surface area (Å²) in [6.45, 7) is 8.00. The van der Waals surface area contributed by atoms with Gasteiger partial charge >= 0.3 is 0 Å². The Balaban J connectivity index is 2.10. The Bertz CT molecular complexity index is 620. The lowest BCUT2D eigenvalue weighted by Crippen LogP contribution is -2.06. The van der Waals surface area contributed by atoms with E-state index < -0.39 is 0 Å². The predicted octanol–water partition coefficient (Wildman–Crippen LogP) is 3.75. The summed E-state index contributed by atoms with van der Waals surface area (Å²) < 4.78 is 0.854. The number of aryl methyl sites for hydroxylation is 4. The number of ketones is 1. The zero-order chi connectivity index (χ0) is 14.0. The van der Waals surface area contributed by atoms with Crippen LogP contribution in [0.4, 0.5) is 0 Å². The van der Waals surface area contributed by atoms with Gasteiger partial charge in [0, 0.05) is 5.56 Å². The van der Waals surface area contributed by atoms with Gasteiger partial charge in [0.25, 0.3) is 0 Å². The van der Waals surface area contributed by atoms with E-state index >= 15 is 0 Å². The third-order valence-electron chi connectivity index (χ3n) is 2.98. The number of hydrogen-bond donors (Lipinski definition) is 0. The maximum Gasteiger partial charge on any atom is 0.174 e. The molecule has 0 spiro atoms. The van der Waals surface area contributed by atoms with Crippen molar-refractivity contribution in [1.82, 2.24) is 10.2 Å². The maximum atomic E-state index is 12.2. The van der Waals surface area contributed by atoms with E-state index in [-0.39, 0.29) is 5.78 Å². The normalized spacial score (nSPS) is 10.7. The SMILES string of the molecule is Cc1nnc(SCC(=O)c2cc(C)c(C)cc2C)s1. The number of benzene rings is 1. The van der Waals surface area contributed by atoms with E-state index in [0.717, 1.165) is 26.0 Å². The number of carbonyl (C=O) groups excluding carboxylic acids is 1. The van der Waals surface area contributed by atoms with Crippen LogP contribution in [0.3, 0.4) is 0 Å². The van der Waals surface area contributed by atoms with Crippen LogP contribution >= 0.6 is 23.1 Å². The molecule has 0 amide bonds.